The van der Waals surface area contributed by atoms with E-state index in [0.29, 0.717) is 19.5 Å². The van der Waals surface area contributed by atoms with Crippen LogP contribution < -0.4 is 5.73 Å². The van der Waals surface area contributed by atoms with Crippen LogP contribution in [0.5, 0.6) is 0 Å². The van der Waals surface area contributed by atoms with Crippen LogP contribution in [-0.2, 0) is 11.2 Å². The van der Waals surface area contributed by atoms with Gasteiger partial charge in [-0.1, -0.05) is 72.8 Å². The second-order valence-corrected chi connectivity index (χ2v) is 5.49. The Morgan fingerprint density at radius 2 is 1.67 bits per heavy atom. The van der Waals surface area contributed by atoms with Crippen molar-refractivity contribution in [2.75, 3.05) is 13.1 Å². The lowest BCUT2D eigenvalue weighted by molar-refractivity contribution is -0.131. The molecule has 0 bridgehead atoms. The zero-order valence-electron chi connectivity index (χ0n) is 14.0. The fourth-order valence-electron chi connectivity index (χ4n) is 2.44. The number of hydrogen-bond donors (Lipinski definition) is 1. The normalized spacial score (nSPS) is 11.8. The number of likely N-dealkylation sites (N-methyl/N-ethyl adjacent to an activating group) is 1. The predicted octanol–water partition coefficient (Wildman–Crippen LogP) is 3.54. The first kappa shape index (κ1) is 19.9. The predicted molar refractivity (Wildman–Crippen MR) is 103 cm³/mol. The second-order valence-electron chi connectivity index (χ2n) is 5.49. The van der Waals surface area contributed by atoms with Crippen molar-refractivity contribution in [2.45, 2.75) is 19.4 Å². The molecule has 2 aromatic rings. The lowest BCUT2D eigenvalue weighted by Gasteiger charge is -2.23. The van der Waals surface area contributed by atoms with Crippen LogP contribution in [0.25, 0.3) is 6.08 Å². The second kappa shape index (κ2) is 10.6. The molecule has 0 spiro atoms. The maximum atomic E-state index is 12.5. The first-order chi connectivity index (χ1) is 11.2. The number of nitrogens with zero attached hydrogens (tertiary/aromatic N) is 1. The third kappa shape index (κ3) is 6.19. The molecule has 2 aromatic carbocycles. The van der Waals surface area contributed by atoms with Gasteiger partial charge in [-0.15, -0.1) is 12.4 Å². The Hall–Kier alpha value is -2.10. The lowest BCUT2D eigenvalue weighted by Crippen LogP contribution is -2.44. The maximum Gasteiger partial charge on any atom is 0.240 e. The van der Waals surface area contributed by atoms with Crippen LogP contribution in [0.15, 0.2) is 66.7 Å². The quantitative estimate of drug-likeness (QED) is 0.835. The van der Waals surface area contributed by atoms with E-state index in [1.54, 1.807) is 4.90 Å². The molecular formula is C20H25ClN2O. The van der Waals surface area contributed by atoms with Gasteiger partial charge in [0.05, 0.1) is 6.04 Å². The summed E-state index contributed by atoms with van der Waals surface area (Å²) >= 11 is 0. The fourth-order valence-corrected chi connectivity index (χ4v) is 2.44. The van der Waals surface area contributed by atoms with Crippen LogP contribution in [0.1, 0.15) is 18.1 Å². The van der Waals surface area contributed by atoms with Crippen molar-refractivity contribution in [1.82, 2.24) is 4.90 Å². The number of hydrogen-bond acceptors (Lipinski definition) is 2. The summed E-state index contributed by atoms with van der Waals surface area (Å²) in [4.78, 5) is 14.3. The SMILES string of the molecule is CCN(CC=Cc1ccccc1)C(=O)[C@H](N)Cc1ccccc1.Cl. The van der Waals surface area contributed by atoms with Gasteiger partial charge >= 0.3 is 0 Å². The van der Waals surface area contributed by atoms with Crippen LogP contribution >= 0.6 is 12.4 Å². The smallest absolute Gasteiger partial charge is 0.240 e. The Balaban J connectivity index is 0.00000288. The zero-order chi connectivity index (χ0) is 16.5. The zero-order valence-corrected chi connectivity index (χ0v) is 14.8. The lowest BCUT2D eigenvalue weighted by atomic mass is 10.1. The van der Waals surface area contributed by atoms with Crippen LogP contribution in [0, 0.1) is 0 Å². The molecule has 4 heteroatoms. The van der Waals surface area contributed by atoms with Gasteiger partial charge in [-0.3, -0.25) is 4.79 Å². The van der Waals surface area contributed by atoms with E-state index in [1.807, 2.05) is 79.7 Å². The Bertz CT molecular complexity index is 629. The van der Waals surface area contributed by atoms with Crippen molar-refractivity contribution in [3.8, 4) is 0 Å². The van der Waals surface area contributed by atoms with Gasteiger partial charge in [-0.2, -0.15) is 0 Å². The monoisotopic (exact) mass is 344 g/mol. The number of rotatable bonds is 7. The first-order valence-corrected chi connectivity index (χ1v) is 8.00. The van der Waals surface area contributed by atoms with Crippen molar-refractivity contribution >= 4 is 24.4 Å². The molecule has 0 radical (unpaired) electrons. The third-order valence-corrected chi connectivity index (χ3v) is 3.74. The maximum absolute atomic E-state index is 12.5. The first-order valence-electron chi connectivity index (χ1n) is 8.00. The largest absolute Gasteiger partial charge is 0.338 e. The summed E-state index contributed by atoms with van der Waals surface area (Å²) < 4.78 is 0. The molecule has 0 saturated heterocycles. The molecule has 1 atom stereocenters. The molecule has 0 aliphatic rings. The fraction of sp³-hybridized carbons (Fsp3) is 0.250. The molecule has 0 aliphatic heterocycles. The van der Waals surface area contributed by atoms with Crippen molar-refractivity contribution in [3.63, 3.8) is 0 Å². The van der Waals surface area contributed by atoms with Gasteiger partial charge in [0.2, 0.25) is 5.91 Å². The minimum absolute atomic E-state index is 0. The van der Waals surface area contributed by atoms with Crippen LogP contribution in [0.4, 0.5) is 0 Å². The molecule has 1 amide bonds. The molecule has 0 aliphatic carbocycles. The summed E-state index contributed by atoms with van der Waals surface area (Å²) in [5.74, 6) is -0.00550. The van der Waals surface area contributed by atoms with Gasteiger partial charge in [0.15, 0.2) is 0 Å². The highest BCUT2D eigenvalue weighted by molar-refractivity contribution is 5.85. The number of carbonyl (C=O) groups excluding carboxylic acids is 1. The minimum atomic E-state index is -0.498. The van der Waals surface area contributed by atoms with Crippen molar-refractivity contribution < 1.29 is 4.79 Å². The van der Waals surface area contributed by atoms with E-state index >= 15 is 0 Å². The molecule has 0 unspecified atom stereocenters. The number of carbonyl (C=O) groups is 1. The van der Waals surface area contributed by atoms with Crippen LogP contribution in [0.2, 0.25) is 0 Å². The Morgan fingerprint density at radius 3 is 2.25 bits per heavy atom. The van der Waals surface area contributed by atoms with Crippen LogP contribution in [0.3, 0.4) is 0 Å². The number of halogens is 1. The summed E-state index contributed by atoms with van der Waals surface area (Å²) in [7, 11) is 0. The summed E-state index contributed by atoms with van der Waals surface area (Å²) in [5, 5.41) is 0. The van der Waals surface area contributed by atoms with Gasteiger partial charge < -0.3 is 10.6 Å². The topological polar surface area (TPSA) is 46.3 Å². The van der Waals surface area contributed by atoms with Gasteiger partial charge in [-0.05, 0) is 24.5 Å². The minimum Gasteiger partial charge on any atom is -0.338 e. The van der Waals surface area contributed by atoms with E-state index in [2.05, 4.69) is 0 Å². The molecule has 24 heavy (non-hydrogen) atoms. The molecule has 0 aromatic heterocycles. The van der Waals surface area contributed by atoms with Gasteiger partial charge in [-0.25, -0.2) is 0 Å². The van der Waals surface area contributed by atoms with E-state index in [9.17, 15) is 4.79 Å². The average molecular weight is 345 g/mol. The van der Waals surface area contributed by atoms with Crippen LogP contribution in [-0.4, -0.2) is 29.9 Å². The van der Waals surface area contributed by atoms with E-state index in [4.69, 9.17) is 5.73 Å². The summed E-state index contributed by atoms with van der Waals surface area (Å²) in [6.45, 7) is 3.21. The number of nitrogens with two attached hydrogens (primary N) is 1. The number of benzene rings is 2. The molecular weight excluding hydrogens is 320 g/mol. The Kier molecular flexibility index (Phi) is 8.84. The van der Waals surface area contributed by atoms with E-state index in [1.165, 1.54) is 0 Å². The molecule has 2 N–H and O–H groups in total. The van der Waals surface area contributed by atoms with Gasteiger partial charge in [0.25, 0.3) is 0 Å². The van der Waals surface area contributed by atoms with E-state index in [-0.39, 0.29) is 18.3 Å². The molecule has 128 valence electrons. The molecule has 0 saturated carbocycles. The Labute approximate surface area is 150 Å². The molecule has 3 nitrogen and oxygen atoms in total. The third-order valence-electron chi connectivity index (χ3n) is 3.74. The summed E-state index contributed by atoms with van der Waals surface area (Å²) in [5.41, 5.74) is 8.31. The summed E-state index contributed by atoms with van der Waals surface area (Å²) in [6.07, 6.45) is 4.60. The van der Waals surface area contributed by atoms with E-state index in [0.717, 1.165) is 11.1 Å². The average Bonchev–Trinajstić information content (AvgIpc) is 2.60. The standard InChI is InChI=1S/C20H24N2O.ClH/c1-2-22(15-9-14-17-10-5-3-6-11-17)20(23)19(21)16-18-12-7-4-8-13-18;/h3-14,19H,2,15-16,21H2,1H3;1H/t19-;/m1./s1. The highest BCUT2D eigenvalue weighted by atomic mass is 35.5. The Morgan fingerprint density at radius 1 is 1.08 bits per heavy atom. The van der Waals surface area contributed by atoms with Crippen molar-refractivity contribution in [3.05, 3.63) is 77.9 Å². The number of amides is 1. The summed E-state index contributed by atoms with van der Waals surface area (Å²) in [6, 6.07) is 19.5. The highest BCUT2D eigenvalue weighted by Gasteiger charge is 2.19. The van der Waals surface area contributed by atoms with Gasteiger partial charge in [0.1, 0.15) is 0 Å². The highest BCUT2D eigenvalue weighted by Crippen LogP contribution is 2.06. The molecule has 2 rings (SSSR count). The molecule has 0 fully saturated rings. The van der Waals surface area contributed by atoms with Gasteiger partial charge in [0, 0.05) is 13.1 Å². The van der Waals surface area contributed by atoms with Crippen molar-refractivity contribution in [1.29, 1.82) is 0 Å². The van der Waals surface area contributed by atoms with Crippen molar-refractivity contribution in [2.24, 2.45) is 5.73 Å². The van der Waals surface area contributed by atoms with E-state index < -0.39 is 6.04 Å². The molecule has 0 heterocycles.